The van der Waals surface area contributed by atoms with Gasteiger partial charge in [0.25, 0.3) is 0 Å². The minimum Gasteiger partial charge on any atom is -0.310 e. The minimum atomic E-state index is -0.894. The fraction of sp³-hybridized carbons (Fsp3) is 0.400. The van der Waals surface area contributed by atoms with Crippen LogP contribution < -0.4 is 5.32 Å². The van der Waals surface area contributed by atoms with Crippen LogP contribution in [0.3, 0.4) is 0 Å². The Hall–Kier alpha value is -0.320. The zero-order valence-corrected chi connectivity index (χ0v) is 11.5. The summed E-state index contributed by atoms with van der Waals surface area (Å²) in [4.78, 5) is 15.9. The van der Waals surface area contributed by atoms with Crippen molar-refractivity contribution in [3.8, 4) is 0 Å². The Morgan fingerprint density at radius 1 is 1.62 bits per heavy atom. The smallest absolute Gasteiger partial charge is 0.231 e. The van der Waals surface area contributed by atoms with Crippen molar-refractivity contribution in [1.29, 1.82) is 0 Å². The van der Waals surface area contributed by atoms with E-state index < -0.39 is 4.33 Å². The first-order chi connectivity index (χ1) is 7.40. The summed E-state index contributed by atoms with van der Waals surface area (Å²) in [5, 5.41) is 2.69. The lowest BCUT2D eigenvalue weighted by Crippen LogP contribution is -2.17. The van der Waals surface area contributed by atoms with E-state index in [0.29, 0.717) is 12.2 Å². The Bertz CT molecular complexity index is 450. The summed E-state index contributed by atoms with van der Waals surface area (Å²) >= 11 is 14.9. The molecule has 0 spiro atoms. The molecule has 86 valence electrons. The van der Waals surface area contributed by atoms with Crippen LogP contribution in [0.15, 0.2) is 16.6 Å². The van der Waals surface area contributed by atoms with Gasteiger partial charge < -0.3 is 5.32 Å². The Morgan fingerprint density at radius 3 is 2.75 bits per heavy atom. The van der Waals surface area contributed by atoms with Crippen molar-refractivity contribution >= 4 is 50.9 Å². The number of carbonyl (C=O) groups is 1. The van der Waals surface area contributed by atoms with E-state index in [4.69, 9.17) is 23.2 Å². The van der Waals surface area contributed by atoms with Gasteiger partial charge in [-0.1, -0.05) is 0 Å². The van der Waals surface area contributed by atoms with Gasteiger partial charge in [-0.25, -0.2) is 4.98 Å². The van der Waals surface area contributed by atoms with Crippen LogP contribution in [0.1, 0.15) is 12.1 Å². The van der Waals surface area contributed by atoms with Crippen LogP contribution in [0.5, 0.6) is 0 Å². The lowest BCUT2D eigenvalue weighted by Gasteiger charge is -2.05. The molecular weight excluding hydrogens is 315 g/mol. The standard InChI is InChI=1S/C10H9BrCl2N2O/c1-5-7(11)2-3-8(14-5)15-9(16)6-4-10(6,12)13/h2-3,6H,4H2,1H3,(H,14,15,16)/t6-/m1/s1. The molecule has 1 fully saturated rings. The largest absolute Gasteiger partial charge is 0.310 e. The first-order valence-electron chi connectivity index (χ1n) is 4.72. The number of hydrogen-bond donors (Lipinski definition) is 1. The summed E-state index contributed by atoms with van der Waals surface area (Å²) in [6.07, 6.45) is 0.497. The highest BCUT2D eigenvalue weighted by Crippen LogP contribution is 2.53. The number of rotatable bonds is 2. The van der Waals surface area contributed by atoms with E-state index >= 15 is 0 Å². The molecule has 1 saturated carbocycles. The monoisotopic (exact) mass is 322 g/mol. The third kappa shape index (κ3) is 2.50. The molecule has 6 heteroatoms. The van der Waals surface area contributed by atoms with Crippen LogP contribution in [0, 0.1) is 12.8 Å². The van der Waals surface area contributed by atoms with Crippen LogP contribution >= 0.6 is 39.1 Å². The highest BCUT2D eigenvalue weighted by molar-refractivity contribution is 9.10. The highest BCUT2D eigenvalue weighted by Gasteiger charge is 2.56. The van der Waals surface area contributed by atoms with Gasteiger partial charge in [-0.2, -0.15) is 0 Å². The van der Waals surface area contributed by atoms with Crippen LogP contribution in [-0.2, 0) is 4.79 Å². The van der Waals surface area contributed by atoms with Gasteiger partial charge in [-0.05, 0) is 41.4 Å². The molecule has 0 bridgehead atoms. The van der Waals surface area contributed by atoms with Gasteiger partial charge in [0.15, 0.2) is 0 Å². The number of alkyl halides is 2. The summed E-state index contributed by atoms with van der Waals surface area (Å²) in [7, 11) is 0. The molecule has 16 heavy (non-hydrogen) atoms. The molecule has 0 radical (unpaired) electrons. The van der Waals surface area contributed by atoms with E-state index in [0.717, 1.165) is 10.2 Å². The molecule has 0 aliphatic heterocycles. The highest BCUT2D eigenvalue weighted by atomic mass is 79.9. The lowest BCUT2D eigenvalue weighted by molar-refractivity contribution is -0.117. The van der Waals surface area contributed by atoms with E-state index in [-0.39, 0.29) is 11.8 Å². The van der Waals surface area contributed by atoms with E-state index in [1.807, 2.05) is 13.0 Å². The van der Waals surface area contributed by atoms with Crippen LogP contribution in [-0.4, -0.2) is 15.2 Å². The van der Waals surface area contributed by atoms with Gasteiger partial charge in [0.05, 0.1) is 11.6 Å². The average molecular weight is 324 g/mol. The first-order valence-corrected chi connectivity index (χ1v) is 6.27. The number of carbonyl (C=O) groups excluding carboxylic acids is 1. The summed E-state index contributed by atoms with van der Waals surface area (Å²) in [6.45, 7) is 1.85. The molecule has 2 rings (SSSR count). The molecule has 1 aromatic rings. The van der Waals surface area contributed by atoms with Crippen LogP contribution in [0.4, 0.5) is 5.82 Å². The third-order valence-corrected chi connectivity index (χ3v) is 4.09. The molecule has 1 amide bonds. The summed E-state index contributed by atoms with van der Waals surface area (Å²) < 4.78 is 0.00931. The fourth-order valence-electron chi connectivity index (χ4n) is 1.32. The van der Waals surface area contributed by atoms with Gasteiger partial charge in [-0.3, -0.25) is 4.79 Å². The van der Waals surface area contributed by atoms with E-state index in [1.165, 1.54) is 0 Å². The fourth-order valence-corrected chi connectivity index (χ4v) is 2.05. The van der Waals surface area contributed by atoms with Gasteiger partial charge in [-0.15, -0.1) is 23.2 Å². The van der Waals surface area contributed by atoms with Crippen molar-refractivity contribution in [2.45, 2.75) is 17.7 Å². The SMILES string of the molecule is Cc1nc(NC(=O)[C@H]2CC2(Cl)Cl)ccc1Br. The number of anilines is 1. The third-order valence-electron chi connectivity index (χ3n) is 2.42. The normalized spacial score (nSPS) is 21.6. The molecule has 1 atom stereocenters. The van der Waals surface area contributed by atoms with Crippen LogP contribution in [0.25, 0.3) is 0 Å². The number of amides is 1. The van der Waals surface area contributed by atoms with E-state index in [2.05, 4.69) is 26.2 Å². The number of pyridine rings is 1. The van der Waals surface area contributed by atoms with Crippen molar-refractivity contribution < 1.29 is 4.79 Å². The van der Waals surface area contributed by atoms with Crippen molar-refractivity contribution in [2.75, 3.05) is 5.32 Å². The number of aryl methyl sites for hydroxylation is 1. The van der Waals surface area contributed by atoms with Crippen molar-refractivity contribution in [1.82, 2.24) is 4.98 Å². The molecule has 1 aliphatic carbocycles. The quantitative estimate of drug-likeness (QED) is 0.849. The maximum atomic E-state index is 11.7. The van der Waals surface area contributed by atoms with Crippen molar-refractivity contribution in [3.05, 3.63) is 22.3 Å². The predicted octanol–water partition coefficient (Wildman–Crippen LogP) is 3.28. The summed E-state index contributed by atoms with van der Waals surface area (Å²) in [5.74, 6) is 0.00235. The number of nitrogens with zero attached hydrogens (tertiary/aromatic N) is 1. The number of hydrogen-bond acceptors (Lipinski definition) is 2. The zero-order chi connectivity index (χ0) is 11.9. The second-order valence-electron chi connectivity index (χ2n) is 3.77. The summed E-state index contributed by atoms with van der Waals surface area (Å²) in [5.41, 5.74) is 0.816. The minimum absolute atomic E-state index is 0.181. The Balaban J connectivity index is 2.05. The maximum absolute atomic E-state index is 11.7. The van der Waals surface area contributed by atoms with E-state index in [1.54, 1.807) is 6.07 Å². The maximum Gasteiger partial charge on any atom is 0.231 e. The molecule has 1 aromatic heterocycles. The number of aromatic nitrogens is 1. The predicted molar refractivity (Wildman–Crippen MR) is 67.8 cm³/mol. The number of nitrogens with one attached hydrogen (secondary N) is 1. The summed E-state index contributed by atoms with van der Waals surface area (Å²) in [6, 6.07) is 3.56. The van der Waals surface area contributed by atoms with Crippen molar-refractivity contribution in [2.24, 2.45) is 5.92 Å². The topological polar surface area (TPSA) is 42.0 Å². The van der Waals surface area contributed by atoms with Gasteiger partial charge in [0.1, 0.15) is 10.2 Å². The molecule has 3 nitrogen and oxygen atoms in total. The second kappa shape index (κ2) is 4.17. The molecule has 1 aliphatic rings. The van der Waals surface area contributed by atoms with Crippen LogP contribution in [0.2, 0.25) is 0 Å². The second-order valence-corrected chi connectivity index (χ2v) is 6.17. The molecule has 0 aromatic carbocycles. The Kier molecular flexibility index (Phi) is 3.16. The zero-order valence-electron chi connectivity index (χ0n) is 8.43. The van der Waals surface area contributed by atoms with Gasteiger partial charge in [0, 0.05) is 4.47 Å². The molecule has 0 unspecified atom stereocenters. The Labute approximate surface area is 112 Å². The molecule has 1 N–H and O–H groups in total. The lowest BCUT2D eigenvalue weighted by atomic mass is 10.3. The van der Waals surface area contributed by atoms with Gasteiger partial charge in [0.2, 0.25) is 5.91 Å². The number of halogens is 3. The van der Waals surface area contributed by atoms with E-state index in [9.17, 15) is 4.79 Å². The van der Waals surface area contributed by atoms with Crippen molar-refractivity contribution in [3.63, 3.8) is 0 Å². The molecular formula is C10H9BrCl2N2O. The molecule has 1 heterocycles. The molecule has 0 saturated heterocycles. The Morgan fingerprint density at radius 2 is 2.25 bits per heavy atom. The van der Waals surface area contributed by atoms with Gasteiger partial charge >= 0.3 is 0 Å². The average Bonchev–Trinajstić information content (AvgIpc) is 2.82. The first kappa shape index (κ1) is 12.1.